The lowest BCUT2D eigenvalue weighted by Gasteiger charge is -2.17. The third kappa shape index (κ3) is 2.50. The van der Waals surface area contributed by atoms with E-state index < -0.39 is 0 Å². The summed E-state index contributed by atoms with van der Waals surface area (Å²) in [5, 5.41) is 0.529. The molecule has 0 saturated carbocycles. The van der Waals surface area contributed by atoms with Crippen molar-refractivity contribution < 1.29 is 9.59 Å². The third-order valence-electron chi connectivity index (χ3n) is 3.34. The number of halogens is 1. The van der Waals surface area contributed by atoms with Gasteiger partial charge in [-0.05, 0) is 42.8 Å². The zero-order valence-corrected chi connectivity index (χ0v) is 12.2. The van der Waals surface area contributed by atoms with E-state index in [0.717, 1.165) is 5.56 Å². The van der Waals surface area contributed by atoms with Crippen LogP contribution in [0, 0.1) is 6.92 Å². The van der Waals surface area contributed by atoms with Crippen molar-refractivity contribution in [1.82, 2.24) is 0 Å². The van der Waals surface area contributed by atoms with Gasteiger partial charge in [0, 0.05) is 10.7 Å². The standard InChI is InChI=1S/C16H13ClN2O2/c1-11-4-2-7-14(8-11)19-15(20)10-18(16(19)21)13-6-3-5-12(17)9-13/h2-9H,10H2,1H3. The van der Waals surface area contributed by atoms with E-state index in [-0.39, 0.29) is 18.5 Å². The molecule has 1 aliphatic rings. The summed E-state index contributed by atoms with van der Waals surface area (Å²) in [6, 6.07) is 13.9. The largest absolute Gasteiger partial charge is 0.336 e. The second-order valence-corrected chi connectivity index (χ2v) is 5.35. The van der Waals surface area contributed by atoms with E-state index in [1.54, 1.807) is 30.3 Å². The van der Waals surface area contributed by atoms with Gasteiger partial charge in [0.1, 0.15) is 6.54 Å². The van der Waals surface area contributed by atoms with Crippen LogP contribution in [-0.2, 0) is 4.79 Å². The zero-order valence-electron chi connectivity index (χ0n) is 11.4. The number of benzene rings is 2. The van der Waals surface area contributed by atoms with Crippen LogP contribution in [0.3, 0.4) is 0 Å². The fourth-order valence-electron chi connectivity index (χ4n) is 2.37. The number of carbonyl (C=O) groups is 2. The van der Waals surface area contributed by atoms with Crippen molar-refractivity contribution in [3.63, 3.8) is 0 Å². The average Bonchev–Trinajstić information content (AvgIpc) is 2.74. The van der Waals surface area contributed by atoms with E-state index in [9.17, 15) is 9.59 Å². The lowest BCUT2D eigenvalue weighted by molar-refractivity contribution is -0.115. The molecular formula is C16H13ClN2O2. The van der Waals surface area contributed by atoms with Gasteiger partial charge in [0.2, 0.25) is 0 Å². The Morgan fingerprint density at radius 3 is 2.43 bits per heavy atom. The molecule has 3 amide bonds. The molecule has 3 rings (SSSR count). The van der Waals surface area contributed by atoms with Crippen molar-refractivity contribution in [2.45, 2.75) is 6.92 Å². The van der Waals surface area contributed by atoms with Gasteiger partial charge in [0.05, 0.1) is 5.69 Å². The number of rotatable bonds is 2. The Bertz CT molecular complexity index is 730. The molecule has 2 aromatic rings. The van der Waals surface area contributed by atoms with Gasteiger partial charge < -0.3 is 0 Å². The molecule has 0 aliphatic carbocycles. The second-order valence-electron chi connectivity index (χ2n) is 4.92. The lowest BCUT2D eigenvalue weighted by atomic mass is 10.2. The smallest absolute Gasteiger partial charge is 0.284 e. The highest BCUT2D eigenvalue weighted by molar-refractivity contribution is 6.31. The average molecular weight is 301 g/mol. The van der Waals surface area contributed by atoms with Crippen molar-refractivity contribution in [2.24, 2.45) is 0 Å². The molecule has 0 N–H and O–H groups in total. The molecule has 1 heterocycles. The van der Waals surface area contributed by atoms with Crippen LogP contribution in [0.15, 0.2) is 48.5 Å². The molecule has 0 radical (unpaired) electrons. The van der Waals surface area contributed by atoms with Gasteiger partial charge in [-0.25, -0.2) is 9.69 Å². The first-order valence-electron chi connectivity index (χ1n) is 6.53. The molecule has 1 aliphatic heterocycles. The van der Waals surface area contributed by atoms with Crippen molar-refractivity contribution in [1.29, 1.82) is 0 Å². The summed E-state index contributed by atoms with van der Waals surface area (Å²) in [6.07, 6.45) is 0. The zero-order chi connectivity index (χ0) is 15.0. The quantitative estimate of drug-likeness (QED) is 0.795. The van der Waals surface area contributed by atoms with Gasteiger partial charge in [-0.1, -0.05) is 29.8 Å². The van der Waals surface area contributed by atoms with E-state index >= 15 is 0 Å². The number of hydrogen-bond acceptors (Lipinski definition) is 2. The molecule has 0 aromatic heterocycles. The predicted molar refractivity (Wildman–Crippen MR) is 82.9 cm³/mol. The van der Waals surface area contributed by atoms with Gasteiger partial charge in [0.25, 0.3) is 5.91 Å². The summed E-state index contributed by atoms with van der Waals surface area (Å²) in [5.74, 6) is -0.245. The molecule has 0 unspecified atom stereocenters. The molecule has 1 saturated heterocycles. The number of imide groups is 1. The van der Waals surface area contributed by atoms with Gasteiger partial charge in [-0.3, -0.25) is 9.69 Å². The van der Waals surface area contributed by atoms with Gasteiger partial charge >= 0.3 is 6.03 Å². The van der Waals surface area contributed by atoms with Crippen molar-refractivity contribution >= 4 is 34.9 Å². The molecule has 21 heavy (non-hydrogen) atoms. The highest BCUT2D eigenvalue weighted by Crippen LogP contribution is 2.27. The van der Waals surface area contributed by atoms with Gasteiger partial charge in [-0.15, -0.1) is 0 Å². The molecule has 4 nitrogen and oxygen atoms in total. The fourth-order valence-corrected chi connectivity index (χ4v) is 2.55. The molecule has 0 bridgehead atoms. The number of amides is 3. The highest BCUT2D eigenvalue weighted by atomic mass is 35.5. The summed E-state index contributed by atoms with van der Waals surface area (Å²) in [6.45, 7) is 1.94. The fraction of sp³-hybridized carbons (Fsp3) is 0.125. The van der Waals surface area contributed by atoms with Crippen molar-refractivity contribution in [3.8, 4) is 0 Å². The minimum atomic E-state index is -0.354. The van der Waals surface area contributed by atoms with Gasteiger partial charge in [0.15, 0.2) is 0 Å². The van der Waals surface area contributed by atoms with Crippen LogP contribution in [0.4, 0.5) is 16.2 Å². The van der Waals surface area contributed by atoms with Crippen LogP contribution >= 0.6 is 11.6 Å². The summed E-state index contributed by atoms with van der Waals surface area (Å²) in [5.41, 5.74) is 2.21. The van der Waals surface area contributed by atoms with Gasteiger partial charge in [-0.2, -0.15) is 0 Å². The number of aryl methyl sites for hydroxylation is 1. The van der Waals surface area contributed by atoms with Crippen LogP contribution < -0.4 is 9.80 Å². The maximum absolute atomic E-state index is 12.5. The Hall–Kier alpha value is -2.33. The monoisotopic (exact) mass is 300 g/mol. The third-order valence-corrected chi connectivity index (χ3v) is 3.58. The number of hydrogen-bond donors (Lipinski definition) is 0. The Morgan fingerprint density at radius 1 is 1.00 bits per heavy atom. The number of nitrogens with zero attached hydrogens (tertiary/aromatic N) is 2. The van der Waals surface area contributed by atoms with E-state index in [0.29, 0.717) is 16.4 Å². The van der Waals surface area contributed by atoms with E-state index in [1.165, 1.54) is 9.80 Å². The molecule has 106 valence electrons. The first-order valence-corrected chi connectivity index (χ1v) is 6.91. The molecule has 2 aromatic carbocycles. The second kappa shape index (κ2) is 5.22. The summed E-state index contributed by atoms with van der Waals surface area (Å²) in [7, 11) is 0. The van der Waals surface area contributed by atoms with Crippen LogP contribution in [0.5, 0.6) is 0 Å². The summed E-state index contributed by atoms with van der Waals surface area (Å²) >= 11 is 5.95. The lowest BCUT2D eigenvalue weighted by Crippen LogP contribution is -2.33. The van der Waals surface area contributed by atoms with E-state index in [1.807, 2.05) is 25.1 Å². The number of urea groups is 1. The SMILES string of the molecule is Cc1cccc(N2C(=O)CN(c3cccc(Cl)c3)C2=O)c1. The first-order chi connectivity index (χ1) is 10.1. The Balaban J connectivity index is 1.96. The van der Waals surface area contributed by atoms with E-state index in [2.05, 4.69) is 0 Å². The van der Waals surface area contributed by atoms with Crippen molar-refractivity contribution in [3.05, 3.63) is 59.1 Å². The first kappa shape index (κ1) is 13.6. The molecule has 0 spiro atoms. The van der Waals surface area contributed by atoms with Crippen molar-refractivity contribution in [2.75, 3.05) is 16.3 Å². The molecule has 0 atom stereocenters. The normalized spacial score (nSPS) is 15.0. The maximum Gasteiger partial charge on any atom is 0.336 e. The predicted octanol–water partition coefficient (Wildman–Crippen LogP) is 3.62. The number of anilines is 2. The van der Waals surface area contributed by atoms with Crippen LogP contribution in [0.2, 0.25) is 5.02 Å². The minimum Gasteiger partial charge on any atom is -0.284 e. The molecule has 1 fully saturated rings. The minimum absolute atomic E-state index is 0.0209. The topological polar surface area (TPSA) is 40.6 Å². The van der Waals surface area contributed by atoms with Crippen LogP contribution in [0.25, 0.3) is 0 Å². The Kier molecular flexibility index (Phi) is 3.39. The van der Waals surface area contributed by atoms with Crippen LogP contribution in [0.1, 0.15) is 5.56 Å². The highest BCUT2D eigenvalue weighted by Gasteiger charge is 2.38. The Labute approximate surface area is 127 Å². The maximum atomic E-state index is 12.5. The summed E-state index contributed by atoms with van der Waals surface area (Å²) in [4.78, 5) is 27.4. The summed E-state index contributed by atoms with van der Waals surface area (Å²) < 4.78 is 0. The Morgan fingerprint density at radius 2 is 1.71 bits per heavy atom. The molecular weight excluding hydrogens is 288 g/mol. The number of carbonyl (C=O) groups excluding carboxylic acids is 2. The molecule has 5 heteroatoms. The van der Waals surface area contributed by atoms with E-state index in [4.69, 9.17) is 11.6 Å². The van der Waals surface area contributed by atoms with Crippen LogP contribution in [-0.4, -0.2) is 18.5 Å².